The molecule has 4 aromatic carbocycles. The Hall–Kier alpha value is -13.4. The van der Waals surface area contributed by atoms with Crippen LogP contribution in [0.1, 0.15) is 22.8 Å². The molecule has 16 aromatic heterocycles. The maximum Gasteiger partial charge on any atom is 3.00 e. The van der Waals surface area contributed by atoms with Crippen molar-refractivity contribution in [3.63, 3.8) is 0 Å². The number of benzene rings is 4. The third-order valence-corrected chi connectivity index (χ3v) is 17.4. The van der Waals surface area contributed by atoms with Crippen molar-refractivity contribution >= 4 is 126 Å². The Morgan fingerprint density at radius 2 is 0.355 bits per heavy atom. The molecule has 0 fully saturated rings. The minimum absolute atomic E-state index is 0. The number of hydrogen-bond acceptors (Lipinski definition) is 12. The largest absolute Gasteiger partial charge is 3.00 e. The molecular weight excluding hydrogens is 2130 g/mol. The molecule has 0 N–H and O–H groups in total. The van der Waals surface area contributed by atoms with Crippen LogP contribution in [0.15, 0.2) is 318 Å². The molecule has 0 spiro atoms. The van der Waals surface area contributed by atoms with E-state index in [-0.39, 0.29) is 33.0 Å². The summed E-state index contributed by atoms with van der Waals surface area (Å²) in [7, 11) is -53.3. The van der Waals surface area contributed by atoms with Gasteiger partial charge in [0.05, 0.1) is 66.9 Å². The molecule has 0 aliphatic heterocycles. The maximum atomic E-state index is 9.87. The first-order valence-electron chi connectivity index (χ1n) is 38.7. The van der Waals surface area contributed by atoms with Gasteiger partial charge in [0.2, 0.25) is 25.3 Å². The summed E-state index contributed by atoms with van der Waals surface area (Å²) in [6, 6.07) is 72.5. The number of aromatic nitrogens is 20. The van der Waals surface area contributed by atoms with Crippen LogP contribution in [0.2, 0.25) is 0 Å². The van der Waals surface area contributed by atoms with Crippen LogP contribution in [0.3, 0.4) is 0 Å². The van der Waals surface area contributed by atoms with Gasteiger partial charge in [-0.05, 0) is 97.1 Å². The summed E-state index contributed by atoms with van der Waals surface area (Å²) >= 11 is 0. The molecule has 1 radical (unpaired) electrons. The van der Waals surface area contributed by atoms with E-state index in [0.29, 0.717) is 26.2 Å². The second-order valence-electron chi connectivity index (χ2n) is 29.2. The quantitative estimate of drug-likeness (QED) is 0.0281. The van der Waals surface area contributed by atoms with Crippen molar-refractivity contribution in [1.29, 1.82) is 0 Å². The van der Waals surface area contributed by atoms with Crippen molar-refractivity contribution in [2.75, 3.05) is 0 Å². The van der Waals surface area contributed by atoms with Gasteiger partial charge in [-0.2, -0.15) is 0 Å². The first-order chi connectivity index (χ1) is 63.7. The molecule has 0 unspecified atom stereocenters. The molecule has 20 rings (SSSR count). The van der Waals surface area contributed by atoms with Gasteiger partial charge in [0.25, 0.3) is 0 Å². The number of fused-ring (bicyclic) bond motifs is 12. The van der Waals surface area contributed by atoms with Gasteiger partial charge in [0.15, 0.2) is 0 Å². The third kappa shape index (κ3) is 41.2. The fourth-order valence-corrected chi connectivity index (χ4v) is 12.3. The van der Waals surface area contributed by atoms with Gasteiger partial charge in [-0.3, -0.25) is 59.8 Å². The number of pyridine rings is 12. The SMILES string of the molecule is F[P-](F)(F)(F)(F)F.F[P-](F)(F)(F)(F)F.F[P-](F)(F)(F)(F)F.F[P-](F)(F)(F)(F)F.F[P-](F)(F)(F)(F)F.[Ni+2].[Ni+3].[c-]1n(-c2ccc3ccc4cccnc4c3n2)cc[n+]1Cc1ccccn1.[c-]1n(-c2ccc3ccc4cccnc4c3n2)cc[n+]1Cc1ccccn1.[c-]1n(-c2ccc3ccc4cccnc4c3n2)cc[n+]1Cc1ccccn1.[c-]1n(-c2ccc3ccc4cccnc4c3n2)cc[n+]1Cc1ccccn1. The van der Waals surface area contributed by atoms with Gasteiger partial charge in [-0.25, -0.2) is 0 Å². The predicted octanol–water partition coefficient (Wildman–Crippen LogP) is 29.3. The zero-order chi connectivity index (χ0) is 101. The zero-order valence-electron chi connectivity index (χ0n) is 70.0. The van der Waals surface area contributed by atoms with Crippen LogP contribution in [0.5, 0.6) is 0 Å². The first kappa shape index (κ1) is 110. The molecule has 751 valence electrons. The Morgan fingerprint density at radius 1 is 0.199 bits per heavy atom. The molecule has 0 saturated carbocycles. The van der Waals surface area contributed by atoms with Gasteiger partial charge in [-0.15, -0.1) is 0 Å². The van der Waals surface area contributed by atoms with E-state index < -0.39 is 39.0 Å². The van der Waals surface area contributed by atoms with E-state index in [4.69, 9.17) is 19.9 Å². The van der Waals surface area contributed by atoms with Crippen LogP contribution in [0, 0.1) is 25.3 Å². The van der Waals surface area contributed by atoms with Gasteiger partial charge >= 0.3 is 198 Å². The van der Waals surface area contributed by atoms with E-state index in [0.717, 1.165) is 133 Å². The average Bonchev–Trinajstić information content (AvgIpc) is 1.77. The molecule has 0 aliphatic rings. The molecule has 0 amide bonds. The van der Waals surface area contributed by atoms with Gasteiger partial charge < -0.3 is 36.5 Å². The molecule has 0 atom stereocenters. The normalized spacial score (nSPS) is 14.0. The Labute approximate surface area is 792 Å². The summed E-state index contributed by atoms with van der Waals surface area (Å²) in [5.41, 5.74) is 11.3. The van der Waals surface area contributed by atoms with Crippen LogP contribution in [0.25, 0.3) is 110 Å². The van der Waals surface area contributed by atoms with E-state index in [1.807, 2.05) is 207 Å². The number of nitrogens with zero attached hydrogens (tertiary/aromatic N) is 20. The number of halogens is 30. The summed E-state index contributed by atoms with van der Waals surface area (Å²) in [4.78, 5) is 54.8. The Balaban J connectivity index is 0.000000173. The van der Waals surface area contributed by atoms with Crippen LogP contribution in [0.4, 0.5) is 126 Å². The Kier molecular flexibility index (Phi) is 29.5. The van der Waals surface area contributed by atoms with E-state index in [1.54, 1.807) is 49.6 Å². The van der Waals surface area contributed by atoms with Crippen molar-refractivity contribution in [2.24, 2.45) is 0 Å². The van der Waals surface area contributed by atoms with Gasteiger partial charge in [-0.1, -0.05) is 121 Å². The van der Waals surface area contributed by atoms with Crippen LogP contribution in [-0.4, -0.2) is 78.1 Å². The molecule has 57 heteroatoms. The fraction of sp³-hybridized carbons (Fsp3) is 0.0476. The van der Waals surface area contributed by atoms with Gasteiger partial charge in [0, 0.05) is 142 Å². The summed E-state index contributed by atoms with van der Waals surface area (Å²) < 4.78 is 311. The Morgan fingerprint density at radius 3 is 0.518 bits per heavy atom. The number of hydrogen-bond donors (Lipinski definition) is 0. The fourth-order valence-electron chi connectivity index (χ4n) is 12.3. The predicted molar refractivity (Wildman–Crippen MR) is 463 cm³/mol. The summed E-state index contributed by atoms with van der Waals surface area (Å²) in [6.07, 6.45) is 43.3. The maximum absolute atomic E-state index is 10.7. The van der Waals surface area contributed by atoms with Crippen molar-refractivity contribution in [2.45, 2.75) is 26.2 Å². The molecular formula is C84H60F30N20Ni2P5. The van der Waals surface area contributed by atoms with Crippen molar-refractivity contribution in [1.82, 2.24) is 78.1 Å². The molecule has 0 bridgehead atoms. The molecule has 16 heterocycles. The van der Waals surface area contributed by atoms with E-state index >= 15 is 0 Å². The number of imidazole rings is 4. The standard InChI is InChI=1S/4C21H15N5.5F6P.2Ni/c4*1-2-10-22-18(5-1)14-25-12-13-26(15-25)19-9-8-17-7-6-16-4-3-11-23-20(16)21(17)24-19;5*1-7(2,3,4,5)6;;/h4*1-13H,14H2;;;;;;;/q;;;;5*-1;+2;+3. The summed E-state index contributed by atoms with van der Waals surface area (Å²) in [5, 5.41) is 8.67. The van der Waals surface area contributed by atoms with Crippen molar-refractivity contribution in [3.8, 4) is 23.3 Å². The van der Waals surface area contributed by atoms with Crippen molar-refractivity contribution < 1.29 is 177 Å². The van der Waals surface area contributed by atoms with E-state index in [2.05, 4.69) is 162 Å². The minimum atomic E-state index is -10.7. The van der Waals surface area contributed by atoms with E-state index in [1.165, 1.54) is 0 Å². The molecule has 0 aliphatic carbocycles. The molecule has 20 aromatic rings. The summed E-state index contributed by atoms with van der Waals surface area (Å²) in [6.45, 7) is 2.69. The van der Waals surface area contributed by atoms with Gasteiger partial charge in [0.1, 0.15) is 49.5 Å². The molecule has 20 nitrogen and oxygen atoms in total. The topological polar surface area (TPSA) is 190 Å². The Bertz CT molecular complexity index is 6830. The monoisotopic (exact) mass is 2190 g/mol. The smallest absolute Gasteiger partial charge is 0.314 e. The summed E-state index contributed by atoms with van der Waals surface area (Å²) in [5.74, 6) is 3.26. The second-order valence-corrected chi connectivity index (χ2v) is 38.8. The van der Waals surface area contributed by atoms with E-state index in [9.17, 15) is 126 Å². The first-order valence-corrected chi connectivity index (χ1v) is 48.9. The second kappa shape index (κ2) is 37.9. The van der Waals surface area contributed by atoms with Crippen LogP contribution < -0.4 is 18.3 Å². The van der Waals surface area contributed by atoms with Crippen LogP contribution >= 0.6 is 39.0 Å². The molecule has 141 heavy (non-hydrogen) atoms. The molecule has 0 saturated heterocycles. The van der Waals surface area contributed by atoms with Crippen LogP contribution in [-0.2, 0) is 59.2 Å². The zero-order valence-corrected chi connectivity index (χ0v) is 76.4. The third-order valence-electron chi connectivity index (χ3n) is 17.4. The average molecular weight is 2190 g/mol. The van der Waals surface area contributed by atoms with Crippen molar-refractivity contribution in [3.05, 3.63) is 366 Å². The minimum Gasteiger partial charge on any atom is -0.314 e. The number of rotatable bonds is 12.